The number of piperidine rings is 1. The maximum Gasteiger partial charge on any atom is 0.415 e. The van der Waals surface area contributed by atoms with Crippen molar-refractivity contribution in [2.75, 3.05) is 81.6 Å². The maximum atomic E-state index is 14.3. The summed E-state index contributed by atoms with van der Waals surface area (Å²) in [4.78, 5) is 57.5. The second-order valence-corrected chi connectivity index (χ2v) is 26.8. The summed E-state index contributed by atoms with van der Waals surface area (Å²) in [5.41, 5.74) is 6.48. The minimum Gasteiger partial charge on any atom is -0.507 e. The molecule has 414 valence electrons. The van der Waals surface area contributed by atoms with Gasteiger partial charge >= 0.3 is 6.09 Å². The van der Waals surface area contributed by atoms with Crippen molar-refractivity contribution in [2.24, 2.45) is 11.8 Å². The molecule has 0 saturated carbocycles. The van der Waals surface area contributed by atoms with Crippen LogP contribution < -0.4 is 19.9 Å². The van der Waals surface area contributed by atoms with Crippen molar-refractivity contribution in [3.05, 3.63) is 83.2 Å². The molecule has 9 rings (SSSR count). The number of carbonyl (C=O) groups is 3. The van der Waals surface area contributed by atoms with Crippen LogP contribution in [-0.2, 0) is 23.2 Å². The smallest absolute Gasteiger partial charge is 0.415 e. The fourth-order valence-electron chi connectivity index (χ4n) is 10.9. The largest absolute Gasteiger partial charge is 0.507 e. The molecule has 0 radical (unpaired) electrons. The van der Waals surface area contributed by atoms with Crippen molar-refractivity contribution in [1.29, 1.82) is 0 Å². The molecule has 4 aliphatic heterocycles. The molecule has 20 nitrogen and oxygen atoms in total. The summed E-state index contributed by atoms with van der Waals surface area (Å²) in [6.07, 6.45) is 1.10. The molecular weight excluding hydrogens is 1040 g/mol. The van der Waals surface area contributed by atoms with Gasteiger partial charge in [-0.25, -0.2) is 18.2 Å². The van der Waals surface area contributed by atoms with Crippen molar-refractivity contribution >= 4 is 60.4 Å². The zero-order chi connectivity index (χ0) is 54.7. The van der Waals surface area contributed by atoms with Crippen LogP contribution in [0.4, 0.5) is 16.3 Å². The van der Waals surface area contributed by atoms with Gasteiger partial charge in [-0.3, -0.25) is 24.3 Å². The van der Waals surface area contributed by atoms with Crippen molar-refractivity contribution < 1.29 is 47.0 Å². The molecule has 0 bridgehead atoms. The number of likely N-dealkylation sites (tertiary alicyclic amines) is 2. The average molecular weight is 1120 g/mol. The number of anilines is 2. The number of phenols is 1. The quantitative estimate of drug-likeness (QED) is 0.0788. The van der Waals surface area contributed by atoms with E-state index >= 15 is 0 Å². The van der Waals surface area contributed by atoms with Crippen molar-refractivity contribution in [2.45, 2.75) is 102 Å². The van der Waals surface area contributed by atoms with Crippen molar-refractivity contribution in [3.8, 4) is 33.3 Å². The molecule has 7 atom stereocenters. The molecule has 3 saturated heterocycles. The monoisotopic (exact) mass is 1110 g/mol. The minimum atomic E-state index is -3.37. The molecule has 7 heterocycles. The van der Waals surface area contributed by atoms with Gasteiger partial charge in [0.05, 0.1) is 57.4 Å². The highest BCUT2D eigenvalue weighted by atomic mass is 33.1. The lowest BCUT2D eigenvalue weighted by molar-refractivity contribution is -0.141. The second-order valence-electron chi connectivity index (χ2n) is 21.2. The number of aromatic hydroxyl groups is 1. The van der Waals surface area contributed by atoms with Crippen LogP contribution in [0.25, 0.3) is 21.7 Å². The van der Waals surface area contributed by atoms with Crippen LogP contribution >= 0.6 is 22.1 Å². The number of hydrogen-bond acceptors (Lipinski definition) is 19. The molecule has 6 unspecified atom stereocenters. The van der Waals surface area contributed by atoms with Gasteiger partial charge in [0.1, 0.15) is 30.4 Å². The third-order valence-electron chi connectivity index (χ3n) is 15.2. The van der Waals surface area contributed by atoms with Crippen LogP contribution in [0.1, 0.15) is 82.9 Å². The number of phenolic OH excluding ortho intramolecular Hbond substituents is 1. The van der Waals surface area contributed by atoms with E-state index in [1.165, 1.54) is 9.80 Å². The number of β-amino-alcohol motifs (C(OH)–C–C–N with tert-alkyl or cyclic N) is 1. The Morgan fingerprint density at radius 2 is 1.70 bits per heavy atom. The number of aromatic nitrogens is 4. The van der Waals surface area contributed by atoms with Crippen LogP contribution in [0.2, 0.25) is 0 Å². The van der Waals surface area contributed by atoms with Gasteiger partial charge in [0.15, 0.2) is 20.4 Å². The highest BCUT2D eigenvalue weighted by molar-refractivity contribution is 8.72. The topological polar surface area (TPSA) is 237 Å². The number of aliphatic hydroxyl groups is 1. The number of nitrogens with one attached hydrogen (secondary N) is 1. The maximum absolute atomic E-state index is 14.3. The summed E-state index contributed by atoms with van der Waals surface area (Å²) in [6, 6.07) is 17.2. The zero-order valence-electron chi connectivity index (χ0n) is 44.6. The first kappa shape index (κ1) is 55.9. The van der Waals surface area contributed by atoms with E-state index in [-0.39, 0.29) is 54.4 Å². The molecule has 0 spiro atoms. The molecule has 0 aliphatic carbocycles. The standard InChI is InChI=1S/C54H70N10O10S3/c1-32(2)49(53(68)63-30-41(65)24-45(63)52(67)56-33(3)38-12-14-39(15-13-38)50-34(4)55-31-75-50)47-26-48(59-74-47)72-23-22-60-18-16-37(17-19-60)27-61-20-21-62-40(28-61)29-64(54(69)73-35(5)36(6)76-77(7,70)71)51-44(62)25-43(57-58-51)42-10-8-9-11-46(42)66/h8-15,25-26,31-33,35-37,40-41,45,49,65-66H,16-24,27-30H2,1-7H3,(H,56,67)/t33-,35?,36?,40?,41?,45?,49?/m0/s1. The van der Waals surface area contributed by atoms with E-state index in [1.807, 2.05) is 69.6 Å². The first-order valence-corrected chi connectivity index (χ1v) is 30.6. The summed E-state index contributed by atoms with van der Waals surface area (Å²) >= 11 is 1.58. The molecule has 77 heavy (non-hydrogen) atoms. The Morgan fingerprint density at radius 3 is 2.40 bits per heavy atom. The summed E-state index contributed by atoms with van der Waals surface area (Å²) in [7, 11) is -2.62. The molecule has 4 aliphatic rings. The van der Waals surface area contributed by atoms with Gasteiger partial charge < -0.3 is 39.3 Å². The number of amides is 3. The van der Waals surface area contributed by atoms with Gasteiger partial charge in [0.2, 0.25) is 11.8 Å². The third-order valence-corrected chi connectivity index (χ3v) is 19.2. The van der Waals surface area contributed by atoms with Gasteiger partial charge in [-0.05, 0) is 111 Å². The number of rotatable bonds is 18. The van der Waals surface area contributed by atoms with Crippen LogP contribution in [0.3, 0.4) is 0 Å². The Labute approximate surface area is 457 Å². The minimum absolute atomic E-state index is 0.0332. The molecular formula is C54H70N10O10S3. The lowest BCUT2D eigenvalue weighted by Crippen LogP contribution is -2.61. The number of para-hydroxylation sites is 1. The van der Waals surface area contributed by atoms with Gasteiger partial charge in [0.25, 0.3) is 5.88 Å². The molecule has 23 heteroatoms. The number of fused-ring (bicyclic) bond motifs is 3. The highest BCUT2D eigenvalue weighted by Gasteiger charge is 2.44. The predicted octanol–water partition coefficient (Wildman–Crippen LogP) is 6.56. The van der Waals surface area contributed by atoms with E-state index in [0.717, 1.165) is 77.8 Å². The number of aliphatic hydroxyl groups excluding tert-OH is 1. The van der Waals surface area contributed by atoms with Crippen LogP contribution in [-0.4, -0.2) is 173 Å². The lowest BCUT2D eigenvalue weighted by atomic mass is 9.91. The molecule has 3 amide bonds. The summed E-state index contributed by atoms with van der Waals surface area (Å²) in [5, 5.41) is 37.1. The number of nitrogens with zero attached hydrogens (tertiary/aromatic N) is 9. The molecule has 3 N–H and O–H groups in total. The average Bonchev–Trinajstić information content (AvgIpc) is 4.20. The summed E-state index contributed by atoms with van der Waals surface area (Å²) in [5.74, 6) is -0.0834. The molecule has 5 aromatic rings. The van der Waals surface area contributed by atoms with Gasteiger partial charge in [-0.2, -0.15) is 0 Å². The highest BCUT2D eigenvalue weighted by Crippen LogP contribution is 2.40. The third kappa shape index (κ3) is 13.2. The number of benzene rings is 2. The Morgan fingerprint density at radius 1 is 0.948 bits per heavy atom. The van der Waals surface area contributed by atoms with Crippen LogP contribution in [0.5, 0.6) is 11.6 Å². The molecule has 2 aromatic carbocycles. The fourth-order valence-corrected chi connectivity index (χ4v) is 14.6. The Bertz CT molecular complexity index is 2990. The van der Waals surface area contributed by atoms with E-state index in [2.05, 4.69) is 40.4 Å². The second kappa shape index (κ2) is 24.0. The first-order valence-electron chi connectivity index (χ1n) is 26.4. The lowest BCUT2D eigenvalue weighted by Gasteiger charge is -2.48. The summed E-state index contributed by atoms with van der Waals surface area (Å²) < 4.78 is 41.7. The van der Waals surface area contributed by atoms with Crippen LogP contribution in [0.15, 0.2) is 70.7 Å². The zero-order valence-corrected chi connectivity index (χ0v) is 47.1. The van der Waals surface area contributed by atoms with Crippen molar-refractivity contribution in [1.82, 2.24) is 40.4 Å². The Balaban J connectivity index is 0.758. The van der Waals surface area contributed by atoms with E-state index in [9.17, 15) is 33.0 Å². The van der Waals surface area contributed by atoms with E-state index in [4.69, 9.17) is 14.0 Å². The van der Waals surface area contributed by atoms with Crippen LogP contribution in [0, 0.1) is 18.8 Å². The Hall–Kier alpha value is -5.85. The summed E-state index contributed by atoms with van der Waals surface area (Å²) in [6.45, 7) is 17.4. The van der Waals surface area contributed by atoms with Gasteiger partial charge in [-0.15, -0.1) is 21.5 Å². The molecule has 3 aromatic heterocycles. The number of aryl methyl sites for hydroxylation is 1. The number of thiazole rings is 1. The fraction of sp³-hybridized carbons (Fsp3) is 0.537. The van der Waals surface area contributed by atoms with E-state index in [0.29, 0.717) is 67.2 Å². The number of piperazine rings is 1. The predicted molar refractivity (Wildman–Crippen MR) is 296 cm³/mol. The number of carbonyl (C=O) groups excluding carboxylic acids is 3. The van der Waals surface area contributed by atoms with E-state index < -0.39 is 44.4 Å². The van der Waals surface area contributed by atoms with Gasteiger partial charge in [0, 0.05) is 63.6 Å². The van der Waals surface area contributed by atoms with Crippen molar-refractivity contribution in [3.63, 3.8) is 0 Å². The normalized spacial score (nSPS) is 21.1. The number of ether oxygens (including phenoxy) is 2. The van der Waals surface area contributed by atoms with Gasteiger partial charge in [-0.1, -0.05) is 50.2 Å². The molecule has 3 fully saturated rings. The SMILES string of the molecule is Cc1ncsc1-c1ccc([C@H](C)NC(=O)C2CC(O)CN2C(=O)C(c2cc(OCCN3CCC(CN4CCN5c6cc(-c7ccccc7O)nnc6N(C(=O)OC(C)C(C)SS(C)(=O)=O)CC5C4)CC3)no2)C(C)C)cc1. The Kier molecular flexibility index (Phi) is 17.4. The van der Waals surface area contributed by atoms with E-state index in [1.54, 1.807) is 49.4 Å². The first-order chi connectivity index (χ1) is 36.8. The number of hydrogen-bond donors (Lipinski definition) is 3.